The molecule has 0 bridgehead atoms. The minimum absolute atomic E-state index is 0.0616. The second-order valence-corrected chi connectivity index (χ2v) is 6.25. The van der Waals surface area contributed by atoms with Crippen LogP contribution in [0.15, 0.2) is 48.5 Å². The summed E-state index contributed by atoms with van der Waals surface area (Å²) >= 11 is 7.52. The summed E-state index contributed by atoms with van der Waals surface area (Å²) in [4.78, 5) is 11.8. The van der Waals surface area contributed by atoms with Crippen molar-refractivity contribution in [3.05, 3.63) is 59.1 Å². The zero-order valence-electron chi connectivity index (χ0n) is 12.3. The summed E-state index contributed by atoms with van der Waals surface area (Å²) < 4.78 is 5.61. The molecule has 0 unspecified atom stereocenters. The smallest absolute Gasteiger partial charge is 0.234 e. The number of rotatable bonds is 7. The Hall–Kier alpha value is -1.65. The van der Waals surface area contributed by atoms with Crippen molar-refractivity contribution >= 4 is 35.0 Å². The topological polar surface area (TPSA) is 38.3 Å². The molecule has 2 aromatic rings. The zero-order valence-corrected chi connectivity index (χ0v) is 13.9. The molecule has 1 N–H and O–H groups in total. The lowest BCUT2D eigenvalue weighted by atomic mass is 10.2. The third-order valence-electron chi connectivity index (χ3n) is 2.90. The third kappa shape index (κ3) is 5.62. The molecular weight excluding hydrogens is 318 g/mol. The predicted octanol–water partition coefficient (Wildman–Crippen LogP) is 4.40. The highest BCUT2D eigenvalue weighted by Crippen LogP contribution is 2.20. The number of amides is 1. The van der Waals surface area contributed by atoms with E-state index in [1.54, 1.807) is 12.1 Å². The van der Waals surface area contributed by atoms with Crippen molar-refractivity contribution in [2.45, 2.75) is 6.92 Å². The molecule has 2 rings (SSSR count). The van der Waals surface area contributed by atoms with Crippen LogP contribution in [0.3, 0.4) is 0 Å². The van der Waals surface area contributed by atoms with Gasteiger partial charge < -0.3 is 10.1 Å². The molecular formula is C17H18ClNO2S. The number of carbonyl (C=O) groups is 1. The summed E-state index contributed by atoms with van der Waals surface area (Å²) in [7, 11) is 0. The van der Waals surface area contributed by atoms with E-state index >= 15 is 0 Å². The van der Waals surface area contributed by atoms with Crippen LogP contribution in [0, 0.1) is 6.92 Å². The van der Waals surface area contributed by atoms with Crippen LogP contribution >= 0.6 is 23.4 Å². The number of carbonyl (C=O) groups excluding carboxylic acids is 1. The Labute approximate surface area is 140 Å². The zero-order chi connectivity index (χ0) is 15.8. The second-order valence-electron chi connectivity index (χ2n) is 4.74. The summed E-state index contributed by atoms with van der Waals surface area (Å²) in [6.07, 6.45) is 0. The van der Waals surface area contributed by atoms with E-state index in [1.807, 2.05) is 43.3 Å². The normalized spacial score (nSPS) is 10.3. The molecule has 2 aromatic carbocycles. The fourth-order valence-electron chi connectivity index (χ4n) is 1.77. The number of thioether (sulfide) groups is 1. The minimum Gasteiger partial charge on any atom is -0.493 e. The third-order valence-corrected chi connectivity index (χ3v) is 4.15. The lowest BCUT2D eigenvalue weighted by Gasteiger charge is -2.08. The van der Waals surface area contributed by atoms with Crippen molar-refractivity contribution < 1.29 is 9.53 Å². The number of para-hydroxylation sites is 1. The van der Waals surface area contributed by atoms with Gasteiger partial charge in [-0.1, -0.05) is 41.4 Å². The Balaban J connectivity index is 1.63. The van der Waals surface area contributed by atoms with Gasteiger partial charge in [-0.3, -0.25) is 4.79 Å². The highest BCUT2D eigenvalue weighted by Gasteiger charge is 2.05. The molecule has 5 heteroatoms. The Morgan fingerprint density at radius 2 is 1.91 bits per heavy atom. The lowest BCUT2D eigenvalue weighted by Crippen LogP contribution is -2.15. The van der Waals surface area contributed by atoms with E-state index in [9.17, 15) is 4.79 Å². The van der Waals surface area contributed by atoms with E-state index in [2.05, 4.69) is 5.32 Å². The Morgan fingerprint density at radius 3 is 2.64 bits per heavy atom. The van der Waals surface area contributed by atoms with E-state index in [-0.39, 0.29) is 5.91 Å². The molecule has 0 saturated heterocycles. The van der Waals surface area contributed by atoms with Crippen molar-refractivity contribution in [2.75, 3.05) is 23.4 Å². The van der Waals surface area contributed by atoms with E-state index in [0.29, 0.717) is 23.1 Å². The number of benzene rings is 2. The first kappa shape index (κ1) is 16.7. The van der Waals surface area contributed by atoms with Gasteiger partial charge in [-0.15, -0.1) is 11.8 Å². The van der Waals surface area contributed by atoms with E-state index in [0.717, 1.165) is 11.5 Å². The first-order chi connectivity index (χ1) is 10.6. The van der Waals surface area contributed by atoms with Gasteiger partial charge in [0.25, 0.3) is 0 Å². The Morgan fingerprint density at radius 1 is 1.18 bits per heavy atom. The highest BCUT2D eigenvalue weighted by molar-refractivity contribution is 7.99. The molecule has 0 saturated carbocycles. The van der Waals surface area contributed by atoms with Crippen LogP contribution in [0.1, 0.15) is 5.56 Å². The van der Waals surface area contributed by atoms with Crippen LogP contribution in [-0.2, 0) is 4.79 Å². The molecule has 0 atom stereocenters. The standard InChI is InChI=1S/C17H18ClNO2S/c1-13-6-8-14(9-7-13)21-10-11-22-12-17(20)19-16-5-3-2-4-15(16)18/h2-9H,10-12H2,1H3,(H,19,20). The van der Waals surface area contributed by atoms with E-state index in [4.69, 9.17) is 16.3 Å². The molecule has 0 aliphatic rings. The number of aryl methyl sites for hydroxylation is 1. The van der Waals surface area contributed by atoms with Crippen molar-refractivity contribution in [3.63, 3.8) is 0 Å². The average Bonchev–Trinajstić information content (AvgIpc) is 2.51. The SMILES string of the molecule is Cc1ccc(OCCSCC(=O)Nc2ccccc2Cl)cc1. The van der Waals surface area contributed by atoms with Crippen LogP contribution in [-0.4, -0.2) is 24.0 Å². The highest BCUT2D eigenvalue weighted by atomic mass is 35.5. The second kappa shape index (κ2) is 8.71. The maximum absolute atomic E-state index is 11.8. The van der Waals surface area contributed by atoms with Gasteiger partial charge in [0.2, 0.25) is 5.91 Å². The van der Waals surface area contributed by atoms with Crippen LogP contribution in [0.2, 0.25) is 5.02 Å². The first-order valence-corrected chi connectivity index (χ1v) is 8.50. The molecule has 0 spiro atoms. The summed E-state index contributed by atoms with van der Waals surface area (Å²) in [6, 6.07) is 15.1. The van der Waals surface area contributed by atoms with Crippen molar-refractivity contribution in [2.24, 2.45) is 0 Å². The quantitative estimate of drug-likeness (QED) is 0.762. The fourth-order valence-corrected chi connectivity index (χ4v) is 2.55. The number of halogens is 1. The molecule has 22 heavy (non-hydrogen) atoms. The number of hydrogen-bond donors (Lipinski definition) is 1. The summed E-state index contributed by atoms with van der Waals surface area (Å²) in [5, 5.41) is 3.34. The van der Waals surface area contributed by atoms with Crippen molar-refractivity contribution in [1.29, 1.82) is 0 Å². The molecule has 0 aliphatic heterocycles. The minimum atomic E-state index is -0.0616. The molecule has 0 aliphatic carbocycles. The van der Waals surface area contributed by atoms with E-state index in [1.165, 1.54) is 17.3 Å². The average molecular weight is 336 g/mol. The largest absolute Gasteiger partial charge is 0.493 e. The van der Waals surface area contributed by atoms with Gasteiger partial charge in [0.05, 0.1) is 23.1 Å². The molecule has 116 valence electrons. The maximum Gasteiger partial charge on any atom is 0.234 e. The van der Waals surface area contributed by atoms with Gasteiger partial charge in [-0.05, 0) is 31.2 Å². The van der Waals surface area contributed by atoms with E-state index < -0.39 is 0 Å². The predicted molar refractivity (Wildman–Crippen MR) is 94.1 cm³/mol. The van der Waals surface area contributed by atoms with Gasteiger partial charge in [-0.25, -0.2) is 0 Å². The lowest BCUT2D eigenvalue weighted by molar-refractivity contribution is -0.113. The molecule has 1 amide bonds. The summed E-state index contributed by atoms with van der Waals surface area (Å²) in [5.41, 5.74) is 1.85. The van der Waals surface area contributed by atoms with Crippen LogP contribution in [0.25, 0.3) is 0 Å². The maximum atomic E-state index is 11.8. The van der Waals surface area contributed by atoms with Gasteiger partial charge in [0.15, 0.2) is 0 Å². The Kier molecular flexibility index (Phi) is 6.62. The van der Waals surface area contributed by atoms with Crippen LogP contribution < -0.4 is 10.1 Å². The number of hydrogen-bond acceptors (Lipinski definition) is 3. The summed E-state index contributed by atoms with van der Waals surface area (Å²) in [5.74, 6) is 1.92. The molecule has 0 heterocycles. The molecule has 0 aromatic heterocycles. The van der Waals surface area contributed by atoms with Crippen LogP contribution in [0.5, 0.6) is 5.75 Å². The molecule has 3 nitrogen and oxygen atoms in total. The van der Waals surface area contributed by atoms with Gasteiger partial charge in [0, 0.05) is 5.75 Å². The monoisotopic (exact) mass is 335 g/mol. The van der Waals surface area contributed by atoms with Gasteiger partial charge in [0.1, 0.15) is 5.75 Å². The summed E-state index contributed by atoms with van der Waals surface area (Å²) in [6.45, 7) is 2.62. The fraction of sp³-hybridized carbons (Fsp3) is 0.235. The molecule has 0 radical (unpaired) electrons. The Bertz CT molecular complexity index is 616. The van der Waals surface area contributed by atoms with Crippen molar-refractivity contribution in [3.8, 4) is 5.75 Å². The first-order valence-electron chi connectivity index (χ1n) is 6.97. The van der Waals surface area contributed by atoms with Gasteiger partial charge in [-0.2, -0.15) is 0 Å². The number of nitrogens with one attached hydrogen (secondary N) is 1. The number of anilines is 1. The van der Waals surface area contributed by atoms with Crippen LogP contribution in [0.4, 0.5) is 5.69 Å². The van der Waals surface area contributed by atoms with Crippen molar-refractivity contribution in [1.82, 2.24) is 0 Å². The van der Waals surface area contributed by atoms with Gasteiger partial charge >= 0.3 is 0 Å². The number of ether oxygens (including phenoxy) is 1. The molecule has 0 fully saturated rings.